The molecule has 0 spiro atoms. The van der Waals surface area contributed by atoms with Crippen molar-refractivity contribution in [2.24, 2.45) is 0 Å². The van der Waals surface area contributed by atoms with Crippen LogP contribution >= 0.6 is 0 Å². The van der Waals surface area contributed by atoms with Gasteiger partial charge in [0.05, 0.1) is 22.4 Å². The van der Waals surface area contributed by atoms with Crippen molar-refractivity contribution in [2.45, 2.75) is 39.0 Å². The number of nitrogens with one attached hydrogen (secondary N) is 3. The first kappa shape index (κ1) is 20.7. The van der Waals surface area contributed by atoms with Crippen LogP contribution in [0.4, 0.5) is 11.4 Å². The van der Waals surface area contributed by atoms with Gasteiger partial charge in [0.1, 0.15) is 0 Å². The molecule has 170 valence electrons. The molecule has 4 bridgehead atoms. The maximum absolute atomic E-state index is 5.03. The maximum atomic E-state index is 5.03. The number of benzene rings is 1. The predicted molar refractivity (Wildman–Crippen MR) is 140 cm³/mol. The molecular weight excluding hydrogens is 418 g/mol. The van der Waals surface area contributed by atoms with Crippen LogP contribution in [0.1, 0.15) is 47.3 Å². The standard InChI is InChI=1S/C29H29N5/c1-4-21-17(2)8-7-11-23(21)33-29-25-18(3)31-16-19-9-5-6-10-20-12-13-24-27(32-20)22(14-15-30-24)28(29)34-26(19)25/h5-8,11-15,19,31,33-34H,3-4,9-10,16H2,1-2H3/b6-5-. The number of hydrogen-bond acceptors (Lipinski definition) is 4. The molecule has 3 N–H and O–H groups in total. The number of hydrogen-bond donors (Lipinski definition) is 3. The normalized spacial score (nSPS) is 17.7. The number of nitrogens with zero attached hydrogens (tertiary/aromatic N) is 2. The number of rotatable bonds is 3. The minimum absolute atomic E-state index is 0.345. The van der Waals surface area contributed by atoms with Crippen LogP contribution in [0.25, 0.3) is 28.0 Å². The Bertz CT molecular complexity index is 1460. The van der Waals surface area contributed by atoms with Gasteiger partial charge in [0.25, 0.3) is 0 Å². The molecule has 4 aromatic rings. The van der Waals surface area contributed by atoms with Crippen molar-refractivity contribution < 1.29 is 0 Å². The molecule has 5 nitrogen and oxygen atoms in total. The second-order valence-electron chi connectivity index (χ2n) is 9.24. The van der Waals surface area contributed by atoms with Crippen LogP contribution in [0.3, 0.4) is 0 Å². The minimum atomic E-state index is 0.345. The Labute approximate surface area is 200 Å². The van der Waals surface area contributed by atoms with Crippen LogP contribution < -0.4 is 10.6 Å². The van der Waals surface area contributed by atoms with E-state index in [0.29, 0.717) is 5.92 Å². The van der Waals surface area contributed by atoms with Gasteiger partial charge in [-0.1, -0.05) is 37.8 Å². The zero-order valence-electron chi connectivity index (χ0n) is 19.7. The molecule has 6 rings (SSSR count). The molecule has 2 aliphatic heterocycles. The van der Waals surface area contributed by atoms with Crippen molar-refractivity contribution >= 4 is 28.1 Å². The molecule has 5 heteroatoms. The third-order valence-electron chi connectivity index (χ3n) is 7.15. The fraction of sp³-hybridized carbons (Fsp3) is 0.241. The van der Waals surface area contributed by atoms with Crippen molar-refractivity contribution in [1.29, 1.82) is 0 Å². The third-order valence-corrected chi connectivity index (χ3v) is 7.15. The van der Waals surface area contributed by atoms with Gasteiger partial charge in [0, 0.05) is 59.0 Å². The van der Waals surface area contributed by atoms with Gasteiger partial charge in [-0.15, -0.1) is 0 Å². The Morgan fingerprint density at radius 2 is 2.06 bits per heavy atom. The first-order chi connectivity index (χ1) is 16.6. The lowest BCUT2D eigenvalue weighted by molar-refractivity contribution is 0.626. The van der Waals surface area contributed by atoms with Gasteiger partial charge in [-0.05, 0) is 55.2 Å². The lowest BCUT2D eigenvalue weighted by Crippen LogP contribution is -2.26. The van der Waals surface area contributed by atoms with E-state index >= 15 is 0 Å². The number of H-pyrrole nitrogens is 1. The molecule has 0 amide bonds. The van der Waals surface area contributed by atoms with Crippen molar-refractivity contribution in [3.8, 4) is 11.3 Å². The molecule has 0 fully saturated rings. The van der Waals surface area contributed by atoms with E-state index in [2.05, 4.69) is 89.6 Å². The number of anilines is 2. The van der Waals surface area contributed by atoms with Gasteiger partial charge >= 0.3 is 0 Å². The summed E-state index contributed by atoms with van der Waals surface area (Å²) in [6, 6.07) is 12.7. The van der Waals surface area contributed by atoms with Gasteiger partial charge in [-0.25, -0.2) is 0 Å². The first-order valence-corrected chi connectivity index (χ1v) is 12.1. The van der Waals surface area contributed by atoms with Gasteiger partial charge < -0.3 is 15.6 Å². The van der Waals surface area contributed by atoms with Crippen molar-refractivity contribution in [2.75, 3.05) is 11.9 Å². The number of aromatic amines is 1. The lowest BCUT2D eigenvalue weighted by Gasteiger charge is -2.26. The van der Waals surface area contributed by atoms with Gasteiger partial charge in [0.15, 0.2) is 0 Å². The van der Waals surface area contributed by atoms with Gasteiger partial charge in [-0.2, -0.15) is 0 Å². The average Bonchev–Trinajstić information content (AvgIpc) is 3.22. The third kappa shape index (κ3) is 3.31. The van der Waals surface area contributed by atoms with E-state index in [0.717, 1.165) is 76.4 Å². The number of pyridine rings is 2. The van der Waals surface area contributed by atoms with E-state index in [1.165, 1.54) is 16.8 Å². The van der Waals surface area contributed by atoms with Crippen molar-refractivity contribution in [3.63, 3.8) is 0 Å². The zero-order valence-corrected chi connectivity index (χ0v) is 19.7. The average molecular weight is 448 g/mol. The number of fused-ring (bicyclic) bond motifs is 3. The molecule has 1 unspecified atom stereocenters. The van der Waals surface area contributed by atoms with Crippen molar-refractivity contribution in [3.05, 3.63) is 89.4 Å². The Kier molecular flexibility index (Phi) is 4.98. The monoisotopic (exact) mass is 447 g/mol. The van der Waals surface area contributed by atoms with E-state index < -0.39 is 0 Å². The summed E-state index contributed by atoms with van der Waals surface area (Å²) in [6.07, 6.45) is 9.14. The second kappa shape index (κ2) is 8.17. The van der Waals surface area contributed by atoms with Crippen LogP contribution in [-0.4, -0.2) is 21.5 Å². The number of aryl methyl sites for hydroxylation is 1. The van der Waals surface area contributed by atoms with E-state index in [1.54, 1.807) is 0 Å². The maximum Gasteiger partial charge on any atom is 0.0984 e. The minimum Gasteiger partial charge on any atom is -0.384 e. The molecule has 0 saturated heterocycles. The predicted octanol–water partition coefficient (Wildman–Crippen LogP) is 6.40. The number of aromatic nitrogens is 3. The van der Waals surface area contributed by atoms with Crippen LogP contribution in [0.15, 0.2) is 61.3 Å². The molecule has 2 aliphatic rings. The highest BCUT2D eigenvalue weighted by molar-refractivity contribution is 5.99. The molecule has 34 heavy (non-hydrogen) atoms. The summed E-state index contributed by atoms with van der Waals surface area (Å²) in [5, 5.41) is 7.40. The summed E-state index contributed by atoms with van der Waals surface area (Å²) in [5.74, 6) is 0.345. The lowest BCUT2D eigenvalue weighted by atomic mass is 9.92. The molecule has 0 aliphatic carbocycles. The Morgan fingerprint density at radius 3 is 2.94 bits per heavy atom. The Balaban J connectivity index is 1.65. The fourth-order valence-corrected chi connectivity index (χ4v) is 5.37. The zero-order chi connectivity index (χ0) is 23.2. The molecule has 0 saturated carbocycles. The Morgan fingerprint density at radius 1 is 1.15 bits per heavy atom. The summed E-state index contributed by atoms with van der Waals surface area (Å²) >= 11 is 0. The molecule has 5 heterocycles. The first-order valence-electron chi connectivity index (χ1n) is 12.1. The summed E-state index contributed by atoms with van der Waals surface area (Å²) < 4.78 is 0. The molecular formula is C29H29N5. The van der Waals surface area contributed by atoms with E-state index in [4.69, 9.17) is 4.98 Å². The van der Waals surface area contributed by atoms with Crippen LogP contribution in [0, 0.1) is 6.92 Å². The SMILES string of the molecule is C=C1NCC2C/C=C\Cc3ccc4nccc(c4n3)-c3[nH]c2c1c3Nc1cccc(C)c1CC. The van der Waals surface area contributed by atoms with Gasteiger partial charge in [0.2, 0.25) is 0 Å². The highest BCUT2D eigenvalue weighted by Crippen LogP contribution is 2.45. The second-order valence-corrected chi connectivity index (χ2v) is 9.24. The summed E-state index contributed by atoms with van der Waals surface area (Å²) in [7, 11) is 0. The van der Waals surface area contributed by atoms with Crippen molar-refractivity contribution in [1.82, 2.24) is 20.3 Å². The highest BCUT2D eigenvalue weighted by atomic mass is 15.0. The molecule has 1 aromatic carbocycles. The quantitative estimate of drug-likeness (QED) is 0.318. The van der Waals surface area contributed by atoms with E-state index in [1.807, 2.05) is 6.20 Å². The van der Waals surface area contributed by atoms with Crippen LogP contribution in [0.2, 0.25) is 0 Å². The van der Waals surface area contributed by atoms with E-state index in [-0.39, 0.29) is 0 Å². The topological polar surface area (TPSA) is 65.6 Å². The number of allylic oxidation sites excluding steroid dienone is 2. The molecule has 3 aromatic heterocycles. The smallest absolute Gasteiger partial charge is 0.0984 e. The molecule has 0 radical (unpaired) electrons. The van der Waals surface area contributed by atoms with Gasteiger partial charge in [-0.3, -0.25) is 9.97 Å². The van der Waals surface area contributed by atoms with E-state index in [9.17, 15) is 0 Å². The Hall–Kier alpha value is -3.86. The summed E-state index contributed by atoms with van der Waals surface area (Å²) in [6.45, 7) is 9.65. The van der Waals surface area contributed by atoms with Crippen LogP contribution in [-0.2, 0) is 12.8 Å². The largest absolute Gasteiger partial charge is 0.384 e. The van der Waals surface area contributed by atoms with Crippen LogP contribution in [0.5, 0.6) is 0 Å². The highest BCUT2D eigenvalue weighted by Gasteiger charge is 2.30. The molecule has 1 atom stereocenters. The summed E-state index contributed by atoms with van der Waals surface area (Å²) in [4.78, 5) is 13.5. The summed E-state index contributed by atoms with van der Waals surface area (Å²) in [5.41, 5.74) is 13.1. The fourth-order valence-electron chi connectivity index (χ4n) is 5.37.